The van der Waals surface area contributed by atoms with Gasteiger partial charge in [-0.1, -0.05) is 37.4 Å². The van der Waals surface area contributed by atoms with Crippen LogP contribution in [0, 0.1) is 17.9 Å². The van der Waals surface area contributed by atoms with Gasteiger partial charge in [0.25, 0.3) is 5.70 Å². The second kappa shape index (κ2) is 23.2. The molecule has 0 amide bonds. The summed E-state index contributed by atoms with van der Waals surface area (Å²) in [6.45, 7) is 20.2. The van der Waals surface area contributed by atoms with Gasteiger partial charge in [0.1, 0.15) is 24.9 Å². The van der Waals surface area contributed by atoms with E-state index in [2.05, 4.69) is 18.0 Å². The van der Waals surface area contributed by atoms with Gasteiger partial charge in [0.05, 0.1) is 46.1 Å². The zero-order valence-electron chi connectivity index (χ0n) is 28.9. The summed E-state index contributed by atoms with van der Waals surface area (Å²) in [7, 11) is 0. The van der Waals surface area contributed by atoms with Gasteiger partial charge in [0, 0.05) is 36.6 Å². The van der Waals surface area contributed by atoms with Crippen molar-refractivity contribution in [3.8, 4) is 6.07 Å². The molecule has 0 aliphatic heterocycles. The highest BCUT2D eigenvalue weighted by Crippen LogP contribution is 2.19. The first kappa shape index (κ1) is 41.0. The molecule has 0 radical (unpaired) electrons. The SMILES string of the molecule is [C-]#[N+]/C(=C\c1ccc(N(CCOCCN(CCOC(=O)C=C)c2ccc(/C=C(\C#N)C(=O)OCC)cc2)CCOC(=O)C=C)cc1)C(=O)OCC. The molecule has 0 aromatic heterocycles. The summed E-state index contributed by atoms with van der Waals surface area (Å²) < 4.78 is 26.2. The maximum absolute atomic E-state index is 12.0. The molecule has 2 rings (SSSR count). The van der Waals surface area contributed by atoms with Crippen molar-refractivity contribution >= 4 is 47.4 Å². The molecule has 51 heavy (non-hydrogen) atoms. The average molecular weight is 699 g/mol. The predicted molar refractivity (Wildman–Crippen MR) is 192 cm³/mol. The van der Waals surface area contributed by atoms with E-state index < -0.39 is 23.9 Å². The number of nitriles is 1. The lowest BCUT2D eigenvalue weighted by Crippen LogP contribution is -2.34. The zero-order chi connectivity index (χ0) is 37.4. The van der Waals surface area contributed by atoms with Crippen LogP contribution < -0.4 is 9.80 Å². The van der Waals surface area contributed by atoms with E-state index in [9.17, 15) is 24.4 Å². The molecule has 0 unspecified atom stereocenters. The lowest BCUT2D eigenvalue weighted by molar-refractivity contribution is -0.138. The summed E-state index contributed by atoms with van der Waals surface area (Å²) in [4.78, 5) is 54.5. The standard InChI is InChI=1S/C38H42N4O9/c1-6-35(43)50-24-20-41(32-14-10-29(11-15-32)26-31(28-39)37(45)48-8-3)18-22-47-23-19-42(21-25-51-36(44)7-2)33-16-12-30(13-17-33)27-34(40-5)38(46)49-9-4/h6-7,10-17,26-27H,1-2,8-9,18-25H2,3-4H3/b31-26+,34-27-. The summed E-state index contributed by atoms with van der Waals surface area (Å²) in [5.41, 5.74) is 2.62. The van der Waals surface area contributed by atoms with E-state index in [-0.39, 0.29) is 37.7 Å². The van der Waals surface area contributed by atoms with Crippen LogP contribution >= 0.6 is 0 Å². The summed E-state index contributed by atoms with van der Waals surface area (Å²) in [5.74, 6) is -2.46. The highest BCUT2D eigenvalue weighted by molar-refractivity contribution is 5.98. The van der Waals surface area contributed by atoms with Crippen LogP contribution in [0.5, 0.6) is 0 Å². The predicted octanol–water partition coefficient (Wildman–Crippen LogP) is 4.77. The van der Waals surface area contributed by atoms with Gasteiger partial charge in [-0.3, -0.25) is 4.79 Å². The summed E-state index contributed by atoms with van der Waals surface area (Å²) >= 11 is 0. The molecule has 2 aromatic carbocycles. The number of carbonyl (C=O) groups is 4. The van der Waals surface area contributed by atoms with E-state index in [0.717, 1.165) is 23.5 Å². The van der Waals surface area contributed by atoms with Gasteiger partial charge in [-0.2, -0.15) is 5.26 Å². The fraction of sp³-hybridized carbons (Fsp3) is 0.316. The number of rotatable bonds is 22. The molecule has 0 saturated carbocycles. The molecule has 268 valence electrons. The van der Waals surface area contributed by atoms with Gasteiger partial charge in [0.15, 0.2) is 0 Å². The fourth-order valence-electron chi connectivity index (χ4n) is 4.40. The highest BCUT2D eigenvalue weighted by Gasteiger charge is 2.14. The molecular weight excluding hydrogens is 656 g/mol. The number of esters is 4. The minimum Gasteiger partial charge on any atom is -0.471 e. The molecule has 0 N–H and O–H groups in total. The molecular formula is C38H42N4O9. The number of anilines is 2. The summed E-state index contributed by atoms with van der Waals surface area (Å²) in [6.07, 6.45) is 5.08. The van der Waals surface area contributed by atoms with E-state index in [1.807, 2.05) is 40.1 Å². The van der Waals surface area contributed by atoms with E-state index >= 15 is 0 Å². The maximum Gasteiger partial charge on any atom is 0.348 e. The molecule has 0 saturated heterocycles. The lowest BCUT2D eigenvalue weighted by Gasteiger charge is -2.26. The van der Waals surface area contributed by atoms with Crippen LogP contribution in [0.15, 0.2) is 85.1 Å². The molecule has 0 fully saturated rings. The number of nitrogens with zero attached hydrogens (tertiary/aromatic N) is 4. The van der Waals surface area contributed by atoms with Crippen LogP contribution in [-0.2, 0) is 42.9 Å². The number of carbonyl (C=O) groups excluding carboxylic acids is 4. The van der Waals surface area contributed by atoms with E-state index in [1.54, 1.807) is 38.1 Å². The van der Waals surface area contributed by atoms with E-state index in [0.29, 0.717) is 50.5 Å². The van der Waals surface area contributed by atoms with Crippen LogP contribution in [0.2, 0.25) is 0 Å². The minimum atomic E-state index is -0.696. The number of hydrogen-bond acceptors (Lipinski definition) is 12. The molecule has 0 bridgehead atoms. The largest absolute Gasteiger partial charge is 0.471 e. The molecule has 2 aromatic rings. The molecule has 13 heteroatoms. The fourth-order valence-corrected chi connectivity index (χ4v) is 4.40. The van der Waals surface area contributed by atoms with Gasteiger partial charge >= 0.3 is 23.9 Å². The van der Waals surface area contributed by atoms with Crippen molar-refractivity contribution in [3.63, 3.8) is 0 Å². The Bertz CT molecular complexity index is 1510. The second-order valence-electron chi connectivity index (χ2n) is 10.3. The molecule has 0 aliphatic rings. The van der Waals surface area contributed by atoms with Crippen LogP contribution in [0.25, 0.3) is 17.0 Å². The van der Waals surface area contributed by atoms with Crippen molar-refractivity contribution in [1.82, 2.24) is 0 Å². The van der Waals surface area contributed by atoms with E-state index in [4.69, 9.17) is 30.3 Å². The number of benzene rings is 2. The lowest BCUT2D eigenvalue weighted by atomic mass is 10.1. The van der Waals surface area contributed by atoms with Crippen LogP contribution in [0.3, 0.4) is 0 Å². The Labute approximate surface area is 298 Å². The Balaban J connectivity index is 2.12. The Morgan fingerprint density at radius 1 is 0.706 bits per heavy atom. The Morgan fingerprint density at radius 3 is 1.55 bits per heavy atom. The molecule has 0 heterocycles. The Kier molecular flexibility index (Phi) is 18.7. The third-order valence-corrected chi connectivity index (χ3v) is 6.91. The monoisotopic (exact) mass is 698 g/mol. The average Bonchev–Trinajstić information content (AvgIpc) is 3.14. The van der Waals surface area contributed by atoms with Crippen molar-refractivity contribution in [2.24, 2.45) is 0 Å². The quantitative estimate of drug-likeness (QED) is 0.0417. The van der Waals surface area contributed by atoms with Crippen molar-refractivity contribution in [2.75, 3.05) is 75.6 Å². The van der Waals surface area contributed by atoms with Crippen LogP contribution in [0.4, 0.5) is 11.4 Å². The maximum atomic E-state index is 12.0. The van der Waals surface area contributed by atoms with Gasteiger partial charge in [-0.05, 0) is 61.4 Å². The van der Waals surface area contributed by atoms with Crippen molar-refractivity contribution in [1.29, 1.82) is 5.26 Å². The number of ether oxygens (including phenoxy) is 5. The molecule has 13 nitrogen and oxygen atoms in total. The third kappa shape index (κ3) is 14.9. The molecule has 0 aliphatic carbocycles. The topological polar surface area (TPSA) is 149 Å². The normalized spacial score (nSPS) is 10.9. The summed E-state index contributed by atoms with van der Waals surface area (Å²) in [6, 6.07) is 16.2. The Morgan fingerprint density at radius 2 is 1.14 bits per heavy atom. The minimum absolute atomic E-state index is 0.105. The van der Waals surface area contributed by atoms with Crippen molar-refractivity contribution < 1.29 is 42.9 Å². The highest BCUT2D eigenvalue weighted by atomic mass is 16.5. The van der Waals surface area contributed by atoms with Crippen LogP contribution in [-0.4, -0.2) is 89.7 Å². The first-order chi connectivity index (χ1) is 24.7. The Hall–Kier alpha value is -6.18. The van der Waals surface area contributed by atoms with Gasteiger partial charge in [-0.25, -0.2) is 19.2 Å². The van der Waals surface area contributed by atoms with Gasteiger partial charge < -0.3 is 33.5 Å². The van der Waals surface area contributed by atoms with E-state index in [1.165, 1.54) is 12.2 Å². The first-order valence-electron chi connectivity index (χ1n) is 16.1. The van der Waals surface area contributed by atoms with Gasteiger partial charge in [-0.15, -0.1) is 0 Å². The summed E-state index contributed by atoms with van der Waals surface area (Å²) in [5, 5.41) is 9.34. The zero-order valence-corrected chi connectivity index (χ0v) is 28.9. The molecule has 0 spiro atoms. The second-order valence-corrected chi connectivity index (χ2v) is 10.3. The van der Waals surface area contributed by atoms with Crippen LogP contribution in [0.1, 0.15) is 25.0 Å². The molecule has 0 atom stereocenters. The van der Waals surface area contributed by atoms with Crippen molar-refractivity contribution in [2.45, 2.75) is 13.8 Å². The smallest absolute Gasteiger partial charge is 0.348 e. The van der Waals surface area contributed by atoms with Crippen molar-refractivity contribution in [3.05, 3.63) is 108 Å². The first-order valence-corrected chi connectivity index (χ1v) is 16.1. The number of hydrogen-bond donors (Lipinski definition) is 0. The van der Waals surface area contributed by atoms with Gasteiger partial charge in [0.2, 0.25) is 0 Å². The third-order valence-electron chi connectivity index (χ3n) is 6.91.